The van der Waals surface area contributed by atoms with Gasteiger partial charge < -0.3 is 14.6 Å². The van der Waals surface area contributed by atoms with Crippen molar-refractivity contribution in [1.82, 2.24) is 0 Å². The molecule has 0 N–H and O–H groups in total. The van der Waals surface area contributed by atoms with Crippen LogP contribution in [0.4, 0.5) is 0 Å². The van der Waals surface area contributed by atoms with Crippen LogP contribution in [-0.4, -0.2) is 42.4 Å². The molecule has 7 heteroatoms. The van der Waals surface area contributed by atoms with Crippen molar-refractivity contribution in [2.24, 2.45) is 0 Å². The Hall–Kier alpha value is -1.21. The van der Waals surface area contributed by atoms with Gasteiger partial charge in [-0.05, 0) is 12.1 Å². The van der Waals surface area contributed by atoms with Gasteiger partial charge in [-0.2, -0.15) is 0 Å². The zero-order valence-corrected chi connectivity index (χ0v) is 11.1. The Labute approximate surface area is 115 Å². The zero-order chi connectivity index (χ0) is 13.9. The Bertz CT molecular complexity index is 446. The maximum Gasteiger partial charge on any atom is 0.259 e. The van der Waals surface area contributed by atoms with Crippen molar-refractivity contribution in [1.29, 1.82) is 0 Å². The number of nitro groups is 1. The van der Waals surface area contributed by atoms with Gasteiger partial charge in [-0.25, -0.2) is 0 Å². The van der Waals surface area contributed by atoms with Crippen LogP contribution in [0.25, 0.3) is 0 Å². The molecule has 0 spiro atoms. The molecule has 0 radical (unpaired) electrons. The number of hydrogen-bond donors (Lipinski definition) is 0. The number of benzene rings is 1. The van der Waals surface area contributed by atoms with Crippen LogP contribution in [0.3, 0.4) is 0 Å². The highest BCUT2D eigenvalue weighted by atomic mass is 35.5. The standard InChI is InChI=1S/C12H15ClN2O4/c13-11-3-1-10(2-4-11)12(9-14(16)17)15(18)5-7-19-8-6-15/h1-4,12H,5-9H2. The van der Waals surface area contributed by atoms with Gasteiger partial charge in [0, 0.05) is 15.5 Å². The Balaban J connectivity index is 2.29. The molecule has 1 fully saturated rings. The summed E-state index contributed by atoms with van der Waals surface area (Å²) in [5, 5.41) is 24.1. The summed E-state index contributed by atoms with van der Waals surface area (Å²) < 4.78 is 4.56. The lowest BCUT2D eigenvalue weighted by molar-refractivity contribution is -0.926. The predicted molar refractivity (Wildman–Crippen MR) is 70.2 cm³/mol. The Morgan fingerprint density at radius 3 is 2.42 bits per heavy atom. The van der Waals surface area contributed by atoms with E-state index in [9.17, 15) is 15.3 Å². The minimum atomic E-state index is -0.712. The summed E-state index contributed by atoms with van der Waals surface area (Å²) in [7, 11) is 0. The first-order chi connectivity index (χ1) is 9.01. The summed E-state index contributed by atoms with van der Waals surface area (Å²) in [5.74, 6) is 0. The predicted octanol–water partition coefficient (Wildman–Crippen LogP) is 2.00. The van der Waals surface area contributed by atoms with Crippen LogP contribution in [0.2, 0.25) is 5.02 Å². The molecule has 0 amide bonds. The van der Waals surface area contributed by atoms with Crippen molar-refractivity contribution in [3.63, 3.8) is 0 Å². The van der Waals surface area contributed by atoms with Gasteiger partial charge in [-0.1, -0.05) is 23.7 Å². The molecule has 0 bridgehead atoms. The highest BCUT2D eigenvalue weighted by molar-refractivity contribution is 6.30. The minimum Gasteiger partial charge on any atom is -0.632 e. The molecule has 1 aromatic rings. The van der Waals surface area contributed by atoms with Crippen molar-refractivity contribution in [2.45, 2.75) is 6.04 Å². The molecule has 19 heavy (non-hydrogen) atoms. The second-order valence-electron chi connectivity index (χ2n) is 4.59. The number of rotatable bonds is 4. The van der Waals surface area contributed by atoms with E-state index in [2.05, 4.69) is 0 Å². The molecule has 2 rings (SSSR count). The van der Waals surface area contributed by atoms with Crippen molar-refractivity contribution in [3.8, 4) is 0 Å². The highest BCUT2D eigenvalue weighted by Gasteiger charge is 2.36. The fourth-order valence-corrected chi connectivity index (χ4v) is 2.44. The van der Waals surface area contributed by atoms with E-state index in [1.807, 2.05) is 0 Å². The Morgan fingerprint density at radius 2 is 1.89 bits per heavy atom. The van der Waals surface area contributed by atoms with Crippen molar-refractivity contribution in [3.05, 3.63) is 50.2 Å². The molecule has 1 aliphatic heterocycles. The Kier molecular flexibility index (Phi) is 4.36. The maximum absolute atomic E-state index is 12.8. The van der Waals surface area contributed by atoms with E-state index < -0.39 is 15.6 Å². The lowest BCUT2D eigenvalue weighted by Crippen LogP contribution is -2.54. The number of quaternary nitrogens is 1. The number of nitrogens with zero attached hydrogens (tertiary/aromatic N) is 2. The fourth-order valence-electron chi connectivity index (χ4n) is 2.32. The number of ether oxygens (including phenoxy) is 1. The molecule has 1 saturated heterocycles. The molecular formula is C12H15ClN2O4. The van der Waals surface area contributed by atoms with Gasteiger partial charge in [-0.3, -0.25) is 10.1 Å². The van der Waals surface area contributed by atoms with Crippen molar-refractivity contribution in [2.75, 3.05) is 32.8 Å². The molecule has 0 saturated carbocycles. The number of hydroxylamine groups is 3. The molecule has 1 aromatic carbocycles. The molecule has 0 aliphatic carbocycles. The van der Waals surface area contributed by atoms with E-state index in [1.165, 1.54) is 0 Å². The highest BCUT2D eigenvalue weighted by Crippen LogP contribution is 2.30. The molecule has 1 aliphatic rings. The normalized spacial score (nSPS) is 19.9. The average molecular weight is 287 g/mol. The average Bonchev–Trinajstić information content (AvgIpc) is 2.38. The van der Waals surface area contributed by atoms with Gasteiger partial charge in [0.05, 0.1) is 13.2 Å². The van der Waals surface area contributed by atoms with Crippen LogP contribution in [-0.2, 0) is 4.74 Å². The smallest absolute Gasteiger partial charge is 0.259 e. The monoisotopic (exact) mass is 286 g/mol. The lowest BCUT2D eigenvalue weighted by atomic mass is 10.0. The maximum atomic E-state index is 12.8. The zero-order valence-electron chi connectivity index (χ0n) is 10.3. The van der Waals surface area contributed by atoms with Crippen molar-refractivity contribution < 1.29 is 14.3 Å². The summed E-state index contributed by atoms with van der Waals surface area (Å²) >= 11 is 5.81. The summed E-state index contributed by atoms with van der Waals surface area (Å²) in [6, 6.07) is 5.96. The number of hydrogen-bond acceptors (Lipinski definition) is 4. The number of halogens is 1. The molecule has 6 nitrogen and oxygen atoms in total. The van der Waals surface area contributed by atoms with E-state index in [1.54, 1.807) is 24.3 Å². The van der Waals surface area contributed by atoms with E-state index in [-0.39, 0.29) is 19.6 Å². The first-order valence-electron chi connectivity index (χ1n) is 6.04. The fraction of sp³-hybridized carbons (Fsp3) is 0.500. The number of morpholine rings is 1. The lowest BCUT2D eigenvalue weighted by Gasteiger charge is -2.49. The topological polar surface area (TPSA) is 75.4 Å². The van der Waals surface area contributed by atoms with Gasteiger partial charge in [0.25, 0.3) is 6.54 Å². The first kappa shape index (κ1) is 14.2. The molecule has 104 valence electrons. The largest absolute Gasteiger partial charge is 0.632 e. The van der Waals surface area contributed by atoms with Gasteiger partial charge >= 0.3 is 0 Å². The third-order valence-corrected chi connectivity index (χ3v) is 3.63. The Morgan fingerprint density at radius 1 is 1.32 bits per heavy atom. The van der Waals surface area contributed by atoms with Gasteiger partial charge in [-0.15, -0.1) is 0 Å². The van der Waals surface area contributed by atoms with Crippen LogP contribution >= 0.6 is 11.6 Å². The summed E-state index contributed by atoms with van der Waals surface area (Å²) in [4.78, 5) is 10.4. The second-order valence-corrected chi connectivity index (χ2v) is 5.03. The quantitative estimate of drug-likeness (QED) is 0.367. The molecular weight excluding hydrogens is 272 g/mol. The van der Waals surface area contributed by atoms with Crippen LogP contribution in [0.15, 0.2) is 24.3 Å². The summed E-state index contributed by atoms with van der Waals surface area (Å²) in [6.45, 7) is 0.768. The summed E-state index contributed by atoms with van der Waals surface area (Å²) in [5.41, 5.74) is 0.651. The van der Waals surface area contributed by atoms with Crippen LogP contribution < -0.4 is 0 Å². The van der Waals surface area contributed by atoms with E-state index >= 15 is 0 Å². The molecule has 1 unspecified atom stereocenters. The molecule has 1 heterocycles. The van der Waals surface area contributed by atoms with E-state index in [4.69, 9.17) is 16.3 Å². The van der Waals surface area contributed by atoms with Crippen LogP contribution in [0.5, 0.6) is 0 Å². The molecule has 0 aromatic heterocycles. The van der Waals surface area contributed by atoms with Crippen LogP contribution in [0, 0.1) is 15.3 Å². The van der Waals surface area contributed by atoms with Gasteiger partial charge in [0.15, 0.2) is 6.04 Å². The van der Waals surface area contributed by atoms with Gasteiger partial charge in [0.1, 0.15) is 13.1 Å². The van der Waals surface area contributed by atoms with Crippen molar-refractivity contribution >= 4 is 11.6 Å². The SMILES string of the molecule is O=[N+]([O-])CC(c1ccc(Cl)cc1)[N+]1([O-])CCOCC1. The second kappa shape index (κ2) is 5.83. The minimum absolute atomic E-state index is 0.237. The summed E-state index contributed by atoms with van der Waals surface area (Å²) in [6.07, 6.45) is 0. The van der Waals surface area contributed by atoms with E-state index in [0.29, 0.717) is 23.8 Å². The third-order valence-electron chi connectivity index (χ3n) is 3.37. The third kappa shape index (κ3) is 3.42. The first-order valence-corrected chi connectivity index (χ1v) is 6.42. The molecule has 1 atom stereocenters. The van der Waals surface area contributed by atoms with E-state index in [0.717, 1.165) is 0 Å². The van der Waals surface area contributed by atoms with Gasteiger partial charge in [0.2, 0.25) is 0 Å². The van der Waals surface area contributed by atoms with Crippen LogP contribution in [0.1, 0.15) is 11.6 Å².